The highest BCUT2D eigenvalue weighted by Gasteiger charge is 2.02. The summed E-state index contributed by atoms with van der Waals surface area (Å²) in [4.78, 5) is 11.4. The van der Waals surface area contributed by atoms with Gasteiger partial charge in [-0.1, -0.05) is 19.1 Å². The number of hydrogen-bond donors (Lipinski definition) is 1. The molecule has 0 radical (unpaired) electrons. The molecule has 0 fully saturated rings. The highest BCUT2D eigenvalue weighted by atomic mass is 16.5. The lowest BCUT2D eigenvalue weighted by Crippen LogP contribution is -2.25. The Kier molecular flexibility index (Phi) is 5.40. The molecule has 0 unspecified atom stereocenters. The molecule has 0 heterocycles. The number of ether oxygens (including phenoxy) is 1. The number of carbonyl (C=O) groups excluding carboxylic acids is 1. The first-order chi connectivity index (χ1) is 7.76. The Balaban J connectivity index is 2.45. The third-order valence-corrected chi connectivity index (χ3v) is 2.17. The van der Waals surface area contributed by atoms with Crippen molar-refractivity contribution in [3.63, 3.8) is 0 Å². The normalized spacial score (nSPS) is 9.88. The Morgan fingerprint density at radius 1 is 1.25 bits per heavy atom. The van der Waals surface area contributed by atoms with Gasteiger partial charge in [-0.3, -0.25) is 4.79 Å². The van der Waals surface area contributed by atoms with Gasteiger partial charge in [-0.2, -0.15) is 0 Å². The van der Waals surface area contributed by atoms with Gasteiger partial charge in [-0.25, -0.2) is 0 Å². The molecule has 0 atom stereocenters. The lowest BCUT2D eigenvalue weighted by Gasteiger charge is -2.05. The van der Waals surface area contributed by atoms with Crippen LogP contribution < -0.4 is 10.1 Å². The predicted molar refractivity (Wildman–Crippen MR) is 64.6 cm³/mol. The Morgan fingerprint density at radius 2 is 1.94 bits per heavy atom. The molecule has 1 aromatic carbocycles. The fraction of sp³-hybridized carbons (Fsp3) is 0.462. The van der Waals surface area contributed by atoms with Gasteiger partial charge >= 0.3 is 0 Å². The molecule has 1 amide bonds. The van der Waals surface area contributed by atoms with Crippen LogP contribution in [0, 0.1) is 0 Å². The van der Waals surface area contributed by atoms with Crippen LogP contribution in [0.3, 0.4) is 0 Å². The molecular weight excluding hydrogens is 202 g/mol. The fourth-order valence-electron chi connectivity index (χ4n) is 1.38. The van der Waals surface area contributed by atoms with Crippen molar-refractivity contribution in [3.05, 3.63) is 29.8 Å². The van der Waals surface area contributed by atoms with Crippen LogP contribution >= 0.6 is 0 Å². The summed E-state index contributed by atoms with van der Waals surface area (Å²) in [5.74, 6) is 0.922. The molecule has 0 aliphatic rings. The van der Waals surface area contributed by atoms with E-state index in [1.54, 1.807) is 0 Å². The Bertz CT molecular complexity index is 319. The fourth-order valence-corrected chi connectivity index (χ4v) is 1.38. The molecule has 1 N–H and O–H groups in total. The van der Waals surface area contributed by atoms with Crippen molar-refractivity contribution in [1.29, 1.82) is 0 Å². The van der Waals surface area contributed by atoms with Gasteiger partial charge < -0.3 is 10.1 Å². The zero-order chi connectivity index (χ0) is 11.8. The summed E-state index contributed by atoms with van der Waals surface area (Å²) in [6.45, 7) is 5.40. The second-order valence-corrected chi connectivity index (χ2v) is 3.60. The van der Waals surface area contributed by atoms with Crippen LogP contribution in [-0.4, -0.2) is 19.1 Å². The van der Waals surface area contributed by atoms with Crippen LogP contribution in [0.5, 0.6) is 5.75 Å². The van der Waals surface area contributed by atoms with E-state index in [-0.39, 0.29) is 5.91 Å². The summed E-state index contributed by atoms with van der Waals surface area (Å²) in [7, 11) is 0. The summed E-state index contributed by atoms with van der Waals surface area (Å²) in [6, 6.07) is 7.64. The standard InChI is InChI=1S/C13H19NO2/c1-3-9-14-13(15)10-11-5-7-12(8-6-11)16-4-2/h5-8H,3-4,9-10H2,1-2H3,(H,14,15). The molecule has 0 saturated carbocycles. The van der Waals surface area contributed by atoms with Gasteiger partial charge in [0.2, 0.25) is 5.91 Å². The zero-order valence-electron chi connectivity index (χ0n) is 9.95. The van der Waals surface area contributed by atoms with E-state index in [1.165, 1.54) is 0 Å². The van der Waals surface area contributed by atoms with Gasteiger partial charge in [-0.05, 0) is 31.0 Å². The molecule has 0 bridgehead atoms. The lowest BCUT2D eigenvalue weighted by atomic mass is 10.1. The van der Waals surface area contributed by atoms with E-state index in [1.807, 2.05) is 38.1 Å². The van der Waals surface area contributed by atoms with Crippen molar-refractivity contribution in [2.75, 3.05) is 13.2 Å². The van der Waals surface area contributed by atoms with Crippen molar-refractivity contribution < 1.29 is 9.53 Å². The smallest absolute Gasteiger partial charge is 0.224 e. The van der Waals surface area contributed by atoms with Crippen molar-refractivity contribution in [2.45, 2.75) is 26.7 Å². The minimum absolute atomic E-state index is 0.0750. The van der Waals surface area contributed by atoms with Crippen LogP contribution in [-0.2, 0) is 11.2 Å². The van der Waals surface area contributed by atoms with Crippen molar-refractivity contribution >= 4 is 5.91 Å². The molecule has 0 saturated heterocycles. The van der Waals surface area contributed by atoms with E-state index in [0.29, 0.717) is 13.0 Å². The van der Waals surface area contributed by atoms with Crippen LogP contribution in [0.1, 0.15) is 25.8 Å². The quantitative estimate of drug-likeness (QED) is 0.799. The van der Waals surface area contributed by atoms with Gasteiger partial charge in [0.25, 0.3) is 0 Å². The van der Waals surface area contributed by atoms with Crippen LogP contribution in [0.2, 0.25) is 0 Å². The largest absolute Gasteiger partial charge is 0.494 e. The second-order valence-electron chi connectivity index (χ2n) is 3.60. The van der Waals surface area contributed by atoms with Crippen molar-refractivity contribution in [3.8, 4) is 5.75 Å². The summed E-state index contributed by atoms with van der Waals surface area (Å²) >= 11 is 0. The average molecular weight is 221 g/mol. The third-order valence-electron chi connectivity index (χ3n) is 2.17. The Morgan fingerprint density at radius 3 is 2.50 bits per heavy atom. The molecule has 16 heavy (non-hydrogen) atoms. The third kappa shape index (κ3) is 4.34. The summed E-state index contributed by atoms with van der Waals surface area (Å²) in [5.41, 5.74) is 1.01. The number of benzene rings is 1. The van der Waals surface area contributed by atoms with Gasteiger partial charge in [0.15, 0.2) is 0 Å². The minimum Gasteiger partial charge on any atom is -0.494 e. The predicted octanol–water partition coefficient (Wildman–Crippen LogP) is 2.15. The van der Waals surface area contributed by atoms with E-state index in [0.717, 1.165) is 24.3 Å². The molecular formula is C13H19NO2. The maximum Gasteiger partial charge on any atom is 0.224 e. The number of carbonyl (C=O) groups is 1. The second kappa shape index (κ2) is 6.88. The lowest BCUT2D eigenvalue weighted by molar-refractivity contribution is -0.120. The first kappa shape index (κ1) is 12.6. The highest BCUT2D eigenvalue weighted by Crippen LogP contribution is 2.12. The Hall–Kier alpha value is -1.51. The highest BCUT2D eigenvalue weighted by molar-refractivity contribution is 5.78. The zero-order valence-corrected chi connectivity index (χ0v) is 9.95. The topological polar surface area (TPSA) is 38.3 Å². The SMILES string of the molecule is CCCNC(=O)Cc1ccc(OCC)cc1. The molecule has 1 aromatic rings. The number of nitrogens with one attached hydrogen (secondary N) is 1. The number of amides is 1. The molecule has 88 valence electrons. The summed E-state index contributed by atoms with van der Waals surface area (Å²) < 4.78 is 5.33. The van der Waals surface area contributed by atoms with Gasteiger partial charge in [-0.15, -0.1) is 0 Å². The molecule has 0 aliphatic carbocycles. The van der Waals surface area contributed by atoms with E-state index in [2.05, 4.69) is 5.32 Å². The van der Waals surface area contributed by atoms with Crippen molar-refractivity contribution in [2.24, 2.45) is 0 Å². The maximum atomic E-state index is 11.4. The van der Waals surface area contributed by atoms with E-state index >= 15 is 0 Å². The molecule has 1 rings (SSSR count). The maximum absolute atomic E-state index is 11.4. The van der Waals surface area contributed by atoms with Crippen molar-refractivity contribution in [1.82, 2.24) is 5.32 Å². The van der Waals surface area contributed by atoms with Crippen LogP contribution in [0.4, 0.5) is 0 Å². The Labute approximate surface area is 96.8 Å². The molecule has 3 heteroatoms. The van der Waals surface area contributed by atoms with E-state index in [9.17, 15) is 4.79 Å². The summed E-state index contributed by atoms with van der Waals surface area (Å²) in [5, 5.41) is 2.85. The molecule has 0 aromatic heterocycles. The van der Waals surface area contributed by atoms with Crippen LogP contribution in [0.15, 0.2) is 24.3 Å². The minimum atomic E-state index is 0.0750. The monoisotopic (exact) mass is 221 g/mol. The first-order valence-corrected chi connectivity index (χ1v) is 5.74. The van der Waals surface area contributed by atoms with E-state index in [4.69, 9.17) is 4.74 Å². The van der Waals surface area contributed by atoms with E-state index < -0.39 is 0 Å². The average Bonchev–Trinajstić information content (AvgIpc) is 2.29. The molecule has 0 aliphatic heterocycles. The summed E-state index contributed by atoms with van der Waals surface area (Å²) in [6.07, 6.45) is 1.40. The molecule has 3 nitrogen and oxygen atoms in total. The number of hydrogen-bond acceptors (Lipinski definition) is 2. The molecule has 0 spiro atoms. The van der Waals surface area contributed by atoms with Gasteiger partial charge in [0.1, 0.15) is 5.75 Å². The van der Waals surface area contributed by atoms with Gasteiger partial charge in [0.05, 0.1) is 13.0 Å². The first-order valence-electron chi connectivity index (χ1n) is 5.74. The number of rotatable bonds is 6. The van der Waals surface area contributed by atoms with Gasteiger partial charge in [0, 0.05) is 6.54 Å². The van der Waals surface area contributed by atoms with Crippen LogP contribution in [0.25, 0.3) is 0 Å².